The molecule has 1 aliphatic carbocycles. The van der Waals surface area contributed by atoms with E-state index < -0.39 is 0 Å². The molecule has 1 atom stereocenters. The summed E-state index contributed by atoms with van der Waals surface area (Å²) >= 11 is 0. The van der Waals surface area contributed by atoms with Crippen molar-refractivity contribution >= 4 is 5.82 Å². The van der Waals surface area contributed by atoms with E-state index in [9.17, 15) is 0 Å². The van der Waals surface area contributed by atoms with E-state index >= 15 is 0 Å². The van der Waals surface area contributed by atoms with Crippen LogP contribution in [0.4, 0.5) is 5.82 Å². The fraction of sp³-hybridized carbons (Fsp3) is 0.667. The van der Waals surface area contributed by atoms with Crippen LogP contribution in [0.25, 0.3) is 0 Å². The Labute approximate surface area is 96.1 Å². The quantitative estimate of drug-likeness (QED) is 0.796. The Hall–Kier alpha value is -1.16. The van der Waals surface area contributed by atoms with Crippen LogP contribution in [0.3, 0.4) is 0 Å². The Morgan fingerprint density at radius 2 is 2.31 bits per heavy atom. The molecule has 86 valence electrons. The maximum Gasteiger partial charge on any atom is 0.135 e. The van der Waals surface area contributed by atoms with Gasteiger partial charge in [0.2, 0.25) is 0 Å². The molecule has 1 saturated heterocycles. The Balaban J connectivity index is 1.91. The van der Waals surface area contributed by atoms with E-state index in [1.54, 1.807) is 6.33 Å². The minimum atomic E-state index is 0.597. The number of likely N-dealkylation sites (N-methyl/N-ethyl adjacent to an activating group) is 1. The first-order chi connectivity index (χ1) is 7.86. The number of rotatable bonds is 2. The van der Waals surface area contributed by atoms with Gasteiger partial charge in [0.25, 0.3) is 0 Å². The van der Waals surface area contributed by atoms with Crippen LogP contribution < -0.4 is 10.2 Å². The van der Waals surface area contributed by atoms with Crippen molar-refractivity contribution in [3.63, 3.8) is 0 Å². The summed E-state index contributed by atoms with van der Waals surface area (Å²) in [5, 5.41) is 3.41. The number of fused-ring (bicyclic) bond motifs is 1. The molecular formula is C12H18N4. The lowest BCUT2D eigenvalue weighted by molar-refractivity contribution is 0.673. The molecule has 1 N–H and O–H groups in total. The van der Waals surface area contributed by atoms with Gasteiger partial charge in [-0.2, -0.15) is 0 Å². The van der Waals surface area contributed by atoms with E-state index in [0.29, 0.717) is 6.04 Å². The van der Waals surface area contributed by atoms with Gasteiger partial charge in [-0.25, -0.2) is 9.97 Å². The molecule has 0 amide bonds. The van der Waals surface area contributed by atoms with Gasteiger partial charge < -0.3 is 10.2 Å². The first-order valence-electron chi connectivity index (χ1n) is 6.12. The van der Waals surface area contributed by atoms with Crippen molar-refractivity contribution in [3.8, 4) is 0 Å². The molecule has 1 aromatic rings. The van der Waals surface area contributed by atoms with Crippen LogP contribution in [-0.4, -0.2) is 36.1 Å². The molecule has 1 unspecified atom stereocenters. The predicted octanol–water partition coefficient (Wildman–Crippen LogP) is 0.763. The number of hydrogen-bond donors (Lipinski definition) is 1. The SMILES string of the molecule is CN(c1ncnc2c1CCC2)C1CCNC1. The molecule has 1 aromatic heterocycles. The van der Waals surface area contributed by atoms with E-state index in [4.69, 9.17) is 0 Å². The van der Waals surface area contributed by atoms with E-state index in [-0.39, 0.29) is 0 Å². The predicted molar refractivity (Wildman–Crippen MR) is 63.7 cm³/mol. The molecule has 0 radical (unpaired) electrons. The zero-order valence-electron chi connectivity index (χ0n) is 9.74. The molecule has 4 heteroatoms. The standard InChI is InChI=1S/C12H18N4/c1-16(9-5-6-13-7-9)12-10-3-2-4-11(10)14-8-15-12/h8-9,13H,2-7H2,1H3. The first-order valence-corrected chi connectivity index (χ1v) is 6.12. The second-order valence-electron chi connectivity index (χ2n) is 4.73. The molecule has 1 fully saturated rings. The number of hydrogen-bond acceptors (Lipinski definition) is 4. The van der Waals surface area contributed by atoms with Crippen LogP contribution in [0.5, 0.6) is 0 Å². The molecule has 0 bridgehead atoms. The zero-order chi connectivity index (χ0) is 11.0. The van der Waals surface area contributed by atoms with Gasteiger partial charge in [-0.1, -0.05) is 0 Å². The molecule has 1 aliphatic heterocycles. The maximum absolute atomic E-state index is 4.48. The van der Waals surface area contributed by atoms with Gasteiger partial charge >= 0.3 is 0 Å². The van der Waals surface area contributed by atoms with Gasteiger partial charge in [0.05, 0.1) is 0 Å². The number of nitrogens with zero attached hydrogens (tertiary/aromatic N) is 3. The maximum atomic E-state index is 4.48. The van der Waals surface area contributed by atoms with Crippen molar-refractivity contribution in [3.05, 3.63) is 17.6 Å². The topological polar surface area (TPSA) is 41.1 Å². The van der Waals surface area contributed by atoms with Crippen molar-refractivity contribution in [1.82, 2.24) is 15.3 Å². The van der Waals surface area contributed by atoms with Gasteiger partial charge in [-0.05, 0) is 32.2 Å². The summed E-state index contributed by atoms with van der Waals surface area (Å²) in [4.78, 5) is 11.2. The minimum absolute atomic E-state index is 0.597. The largest absolute Gasteiger partial charge is 0.355 e. The van der Waals surface area contributed by atoms with Crippen LogP contribution in [0, 0.1) is 0 Å². The average molecular weight is 218 g/mol. The fourth-order valence-electron chi connectivity index (χ4n) is 2.79. The van der Waals surface area contributed by atoms with Crippen molar-refractivity contribution in [2.75, 3.05) is 25.0 Å². The zero-order valence-corrected chi connectivity index (χ0v) is 9.74. The highest BCUT2D eigenvalue weighted by atomic mass is 15.2. The highest BCUT2D eigenvalue weighted by molar-refractivity contribution is 5.50. The summed E-state index contributed by atoms with van der Waals surface area (Å²) in [5.41, 5.74) is 2.65. The lowest BCUT2D eigenvalue weighted by atomic mass is 10.2. The van der Waals surface area contributed by atoms with E-state index in [1.807, 2.05) is 0 Å². The summed E-state index contributed by atoms with van der Waals surface area (Å²) in [7, 11) is 2.17. The average Bonchev–Trinajstić information content (AvgIpc) is 2.98. The van der Waals surface area contributed by atoms with Crippen molar-refractivity contribution < 1.29 is 0 Å². The molecule has 0 aromatic carbocycles. The molecule has 2 heterocycles. The second kappa shape index (κ2) is 4.01. The summed E-state index contributed by atoms with van der Waals surface area (Å²) in [6.07, 6.45) is 6.45. The second-order valence-corrected chi connectivity index (χ2v) is 4.73. The summed E-state index contributed by atoms with van der Waals surface area (Å²) < 4.78 is 0. The Bertz CT molecular complexity index is 385. The third kappa shape index (κ3) is 1.57. The Morgan fingerprint density at radius 3 is 3.12 bits per heavy atom. The highest BCUT2D eigenvalue weighted by Gasteiger charge is 2.25. The van der Waals surface area contributed by atoms with E-state index in [1.165, 1.54) is 24.1 Å². The van der Waals surface area contributed by atoms with Crippen molar-refractivity contribution in [2.24, 2.45) is 0 Å². The molecule has 4 nitrogen and oxygen atoms in total. The number of aryl methyl sites for hydroxylation is 1. The van der Waals surface area contributed by atoms with Gasteiger partial charge in [0, 0.05) is 30.9 Å². The van der Waals surface area contributed by atoms with Gasteiger partial charge in [0.1, 0.15) is 12.1 Å². The van der Waals surface area contributed by atoms with Crippen LogP contribution in [0.15, 0.2) is 6.33 Å². The number of nitrogens with one attached hydrogen (secondary N) is 1. The summed E-state index contributed by atoms with van der Waals surface area (Å²) in [5.74, 6) is 1.16. The molecule has 0 spiro atoms. The molecule has 0 saturated carbocycles. The minimum Gasteiger partial charge on any atom is -0.355 e. The smallest absolute Gasteiger partial charge is 0.135 e. The first kappa shape index (κ1) is 10.0. The van der Waals surface area contributed by atoms with Crippen LogP contribution in [0.1, 0.15) is 24.1 Å². The van der Waals surface area contributed by atoms with E-state index in [2.05, 4.69) is 27.2 Å². The lowest BCUT2D eigenvalue weighted by Gasteiger charge is -2.26. The third-order valence-corrected chi connectivity index (χ3v) is 3.77. The Kier molecular flexibility index (Phi) is 2.52. The fourth-order valence-corrected chi connectivity index (χ4v) is 2.79. The van der Waals surface area contributed by atoms with Crippen LogP contribution >= 0.6 is 0 Å². The van der Waals surface area contributed by atoms with Crippen molar-refractivity contribution in [2.45, 2.75) is 31.7 Å². The van der Waals surface area contributed by atoms with Gasteiger partial charge in [-0.3, -0.25) is 0 Å². The summed E-state index contributed by atoms with van der Waals surface area (Å²) in [6.45, 7) is 2.21. The monoisotopic (exact) mass is 218 g/mol. The van der Waals surface area contributed by atoms with Gasteiger partial charge in [0.15, 0.2) is 0 Å². The van der Waals surface area contributed by atoms with Gasteiger partial charge in [-0.15, -0.1) is 0 Å². The molecule has 2 aliphatic rings. The van der Waals surface area contributed by atoms with E-state index in [0.717, 1.165) is 31.7 Å². The molecule has 3 rings (SSSR count). The third-order valence-electron chi connectivity index (χ3n) is 3.77. The Morgan fingerprint density at radius 1 is 1.38 bits per heavy atom. The molecule has 16 heavy (non-hydrogen) atoms. The van der Waals surface area contributed by atoms with Crippen LogP contribution in [0.2, 0.25) is 0 Å². The van der Waals surface area contributed by atoms with Crippen LogP contribution in [-0.2, 0) is 12.8 Å². The highest BCUT2D eigenvalue weighted by Crippen LogP contribution is 2.28. The normalized spacial score (nSPS) is 23.4. The number of anilines is 1. The van der Waals surface area contributed by atoms with Crippen molar-refractivity contribution in [1.29, 1.82) is 0 Å². The lowest BCUT2D eigenvalue weighted by Crippen LogP contribution is -2.34. The summed E-state index contributed by atoms with van der Waals surface area (Å²) in [6, 6.07) is 0.597. The number of aromatic nitrogens is 2. The molecular weight excluding hydrogens is 200 g/mol.